The summed E-state index contributed by atoms with van der Waals surface area (Å²) in [6.07, 6.45) is 1.46. The van der Waals surface area contributed by atoms with Crippen LogP contribution in [0.3, 0.4) is 0 Å². The third-order valence-electron chi connectivity index (χ3n) is 3.04. The van der Waals surface area contributed by atoms with Gasteiger partial charge in [0.25, 0.3) is 0 Å². The molecular weight excluding hydrogens is 250 g/mol. The topological polar surface area (TPSA) is 65.1 Å². The van der Waals surface area contributed by atoms with Gasteiger partial charge in [0.1, 0.15) is 5.60 Å². The molecule has 0 aromatic rings. The molecule has 0 N–H and O–H groups in total. The summed E-state index contributed by atoms with van der Waals surface area (Å²) in [4.78, 5) is 25.6. The minimum atomic E-state index is -1.37. The number of likely N-dealkylation sites (tertiary alicyclic amines) is 1. The van der Waals surface area contributed by atoms with E-state index in [0.717, 1.165) is 12.8 Å². The molecule has 0 spiro atoms. The van der Waals surface area contributed by atoms with Crippen LogP contribution >= 0.6 is 0 Å². The van der Waals surface area contributed by atoms with Crippen molar-refractivity contribution in [1.82, 2.24) is 4.90 Å². The first kappa shape index (κ1) is 15.8. The summed E-state index contributed by atoms with van der Waals surface area (Å²) in [7, 11) is 2.69. The third kappa shape index (κ3) is 3.37. The van der Waals surface area contributed by atoms with Crippen molar-refractivity contribution in [3.8, 4) is 0 Å². The van der Waals surface area contributed by atoms with E-state index in [1.165, 1.54) is 19.1 Å². The number of hydrogen-bond acceptors (Lipinski definition) is 5. The van der Waals surface area contributed by atoms with Crippen LogP contribution < -0.4 is 0 Å². The fraction of sp³-hybridized carbons (Fsp3) is 0.846. The summed E-state index contributed by atoms with van der Waals surface area (Å²) in [5.41, 5.74) is -1.99. The van der Waals surface area contributed by atoms with Crippen LogP contribution in [0.1, 0.15) is 40.0 Å². The van der Waals surface area contributed by atoms with Gasteiger partial charge in [-0.25, -0.2) is 9.59 Å². The lowest BCUT2D eigenvalue weighted by molar-refractivity contribution is -0.198. The van der Waals surface area contributed by atoms with Gasteiger partial charge in [0, 0.05) is 20.1 Å². The van der Waals surface area contributed by atoms with Gasteiger partial charge in [-0.15, -0.1) is 0 Å². The molecule has 1 amide bonds. The van der Waals surface area contributed by atoms with Crippen LogP contribution in [0.2, 0.25) is 0 Å². The number of nitrogens with zero attached hydrogens (tertiary/aromatic N) is 1. The van der Waals surface area contributed by atoms with E-state index in [0.29, 0.717) is 13.0 Å². The lowest BCUT2D eigenvalue weighted by atomic mass is 9.98. The highest BCUT2D eigenvalue weighted by Crippen LogP contribution is 2.31. The molecule has 0 aromatic carbocycles. The smallest absolute Gasteiger partial charge is 0.413 e. The van der Waals surface area contributed by atoms with E-state index in [9.17, 15) is 9.59 Å². The molecule has 1 fully saturated rings. The minimum Gasteiger partial charge on any atom is -0.465 e. The fourth-order valence-electron chi connectivity index (χ4n) is 2.17. The number of carbonyl (C=O) groups is 2. The first-order valence-corrected chi connectivity index (χ1v) is 6.41. The Morgan fingerprint density at radius 2 is 1.79 bits per heavy atom. The number of esters is 1. The third-order valence-corrected chi connectivity index (χ3v) is 3.04. The maximum absolute atomic E-state index is 12.2. The van der Waals surface area contributed by atoms with Crippen molar-refractivity contribution in [3.63, 3.8) is 0 Å². The Bertz CT molecular complexity index is 349. The molecule has 0 aromatic heterocycles. The van der Waals surface area contributed by atoms with Crippen molar-refractivity contribution in [1.29, 1.82) is 0 Å². The number of ether oxygens (including phenoxy) is 3. The molecule has 0 saturated carbocycles. The Morgan fingerprint density at radius 3 is 2.26 bits per heavy atom. The van der Waals surface area contributed by atoms with Crippen molar-refractivity contribution in [2.24, 2.45) is 0 Å². The SMILES string of the molecule is COC(=O)C1(OC)CCCCN1C(=O)OC(C)(C)C. The molecule has 6 nitrogen and oxygen atoms in total. The Hall–Kier alpha value is -1.30. The van der Waals surface area contributed by atoms with Gasteiger partial charge >= 0.3 is 12.1 Å². The summed E-state index contributed by atoms with van der Waals surface area (Å²) in [6.45, 7) is 5.75. The van der Waals surface area contributed by atoms with Gasteiger partial charge in [0.05, 0.1) is 7.11 Å². The molecule has 0 bridgehead atoms. The number of hydrogen-bond donors (Lipinski definition) is 0. The van der Waals surface area contributed by atoms with E-state index in [1.807, 2.05) is 0 Å². The summed E-state index contributed by atoms with van der Waals surface area (Å²) in [5, 5.41) is 0. The number of piperidine rings is 1. The number of amides is 1. The highest BCUT2D eigenvalue weighted by molar-refractivity contribution is 5.84. The van der Waals surface area contributed by atoms with Crippen LogP contribution in [-0.2, 0) is 19.0 Å². The van der Waals surface area contributed by atoms with Gasteiger partial charge in [0.2, 0.25) is 5.72 Å². The number of rotatable bonds is 2. The molecule has 110 valence electrons. The van der Waals surface area contributed by atoms with E-state index in [1.54, 1.807) is 20.8 Å². The Balaban J connectivity index is 2.99. The molecule has 0 aliphatic carbocycles. The van der Waals surface area contributed by atoms with Crippen LogP contribution in [0.5, 0.6) is 0 Å². The Morgan fingerprint density at radius 1 is 1.16 bits per heavy atom. The quantitative estimate of drug-likeness (QED) is 0.719. The van der Waals surface area contributed by atoms with Gasteiger partial charge in [-0.05, 0) is 33.6 Å². The molecule has 1 heterocycles. The van der Waals surface area contributed by atoms with Gasteiger partial charge in [0.15, 0.2) is 0 Å². The molecule has 1 saturated heterocycles. The van der Waals surface area contributed by atoms with E-state index >= 15 is 0 Å². The van der Waals surface area contributed by atoms with Gasteiger partial charge in [-0.2, -0.15) is 0 Å². The van der Waals surface area contributed by atoms with Gasteiger partial charge in [-0.1, -0.05) is 0 Å². The van der Waals surface area contributed by atoms with Crippen LogP contribution in [0.4, 0.5) is 4.79 Å². The normalized spacial score (nSPS) is 23.9. The van der Waals surface area contributed by atoms with Gasteiger partial charge < -0.3 is 14.2 Å². The number of methoxy groups -OCH3 is 2. The van der Waals surface area contributed by atoms with Crippen LogP contribution in [0.15, 0.2) is 0 Å². The molecule has 1 atom stereocenters. The molecule has 0 radical (unpaired) electrons. The summed E-state index contributed by atoms with van der Waals surface area (Å²) < 4.78 is 15.4. The van der Waals surface area contributed by atoms with Crippen LogP contribution in [0, 0.1) is 0 Å². The molecule has 6 heteroatoms. The second-order valence-corrected chi connectivity index (χ2v) is 5.57. The highest BCUT2D eigenvalue weighted by atomic mass is 16.6. The maximum atomic E-state index is 12.2. The van der Waals surface area contributed by atoms with Crippen molar-refractivity contribution in [2.45, 2.75) is 51.4 Å². The zero-order chi connectivity index (χ0) is 14.7. The van der Waals surface area contributed by atoms with E-state index in [4.69, 9.17) is 14.2 Å². The first-order chi connectivity index (χ1) is 8.77. The lowest BCUT2D eigenvalue weighted by Crippen LogP contribution is -2.61. The fourth-order valence-corrected chi connectivity index (χ4v) is 2.17. The van der Waals surface area contributed by atoms with Gasteiger partial charge in [-0.3, -0.25) is 4.90 Å². The molecule has 1 aliphatic rings. The largest absolute Gasteiger partial charge is 0.465 e. The zero-order valence-electron chi connectivity index (χ0n) is 12.3. The predicted octanol–water partition coefficient (Wildman–Crippen LogP) is 1.92. The van der Waals surface area contributed by atoms with Crippen LogP contribution in [-0.4, -0.2) is 49.1 Å². The van der Waals surface area contributed by atoms with Crippen molar-refractivity contribution in [3.05, 3.63) is 0 Å². The Labute approximate surface area is 114 Å². The average Bonchev–Trinajstić information content (AvgIpc) is 2.35. The van der Waals surface area contributed by atoms with Crippen molar-refractivity contribution in [2.75, 3.05) is 20.8 Å². The monoisotopic (exact) mass is 273 g/mol. The number of carbonyl (C=O) groups excluding carboxylic acids is 2. The van der Waals surface area contributed by atoms with Crippen molar-refractivity contribution >= 4 is 12.1 Å². The molecule has 19 heavy (non-hydrogen) atoms. The zero-order valence-corrected chi connectivity index (χ0v) is 12.3. The van der Waals surface area contributed by atoms with E-state index in [2.05, 4.69) is 0 Å². The second-order valence-electron chi connectivity index (χ2n) is 5.57. The van der Waals surface area contributed by atoms with Crippen molar-refractivity contribution < 1.29 is 23.8 Å². The second kappa shape index (κ2) is 5.77. The minimum absolute atomic E-state index is 0.412. The van der Waals surface area contributed by atoms with E-state index in [-0.39, 0.29) is 0 Å². The maximum Gasteiger partial charge on any atom is 0.413 e. The predicted molar refractivity (Wildman–Crippen MR) is 68.5 cm³/mol. The lowest BCUT2D eigenvalue weighted by Gasteiger charge is -2.43. The highest BCUT2D eigenvalue weighted by Gasteiger charge is 2.50. The summed E-state index contributed by atoms with van der Waals surface area (Å²) in [6, 6.07) is 0. The Kier molecular flexibility index (Phi) is 4.79. The average molecular weight is 273 g/mol. The molecule has 1 rings (SSSR count). The first-order valence-electron chi connectivity index (χ1n) is 6.41. The van der Waals surface area contributed by atoms with Crippen LogP contribution in [0.25, 0.3) is 0 Å². The molecule has 1 unspecified atom stereocenters. The van der Waals surface area contributed by atoms with E-state index < -0.39 is 23.4 Å². The summed E-state index contributed by atoms with van der Waals surface area (Å²) in [5.74, 6) is -0.569. The molecule has 1 aliphatic heterocycles. The summed E-state index contributed by atoms with van der Waals surface area (Å²) >= 11 is 0. The molecular formula is C13H23NO5. The standard InChI is InChI=1S/C13H23NO5/c1-12(2,3)19-11(16)14-9-7-6-8-13(14,18-5)10(15)17-4/h6-9H2,1-5H3.